The van der Waals surface area contributed by atoms with E-state index in [1.165, 1.54) is 0 Å². The first-order valence-electron chi connectivity index (χ1n) is 7.28. The van der Waals surface area contributed by atoms with Gasteiger partial charge in [-0.25, -0.2) is 0 Å². The van der Waals surface area contributed by atoms with E-state index in [1.54, 1.807) is 0 Å². The largest absolute Gasteiger partial charge is 0.454 e. The van der Waals surface area contributed by atoms with Crippen molar-refractivity contribution in [2.45, 2.75) is 13.0 Å². The van der Waals surface area contributed by atoms with Gasteiger partial charge in [-0.05, 0) is 17.7 Å². The zero-order chi connectivity index (χ0) is 14.5. The Hall–Kier alpha value is -1.79. The number of nitrogens with zero attached hydrogens (tertiary/aromatic N) is 1. The Bertz CT molecular complexity index is 500. The lowest BCUT2D eigenvalue weighted by molar-refractivity contribution is -0.135. The maximum Gasteiger partial charge on any atom is 0.231 e. The van der Waals surface area contributed by atoms with Gasteiger partial charge in [-0.1, -0.05) is 6.07 Å². The maximum absolute atomic E-state index is 12.0. The number of amides is 1. The zero-order valence-corrected chi connectivity index (χ0v) is 12.0. The SMILES string of the molecule is O=C(CCNCc1ccc2c(c1)OCO2)N1CCOCC1. The molecule has 1 aromatic carbocycles. The van der Waals surface area contributed by atoms with Crippen LogP contribution in [0.1, 0.15) is 12.0 Å². The van der Waals surface area contributed by atoms with E-state index in [2.05, 4.69) is 5.32 Å². The zero-order valence-electron chi connectivity index (χ0n) is 12.0. The van der Waals surface area contributed by atoms with Crippen LogP contribution in [-0.4, -0.2) is 50.4 Å². The molecule has 114 valence electrons. The molecule has 21 heavy (non-hydrogen) atoms. The Morgan fingerprint density at radius 2 is 2.00 bits per heavy atom. The Kier molecular flexibility index (Phi) is 4.57. The Morgan fingerprint density at radius 3 is 2.86 bits per heavy atom. The number of carbonyl (C=O) groups is 1. The summed E-state index contributed by atoms with van der Waals surface area (Å²) in [6.45, 7) is 4.40. The number of carbonyl (C=O) groups excluding carboxylic acids is 1. The van der Waals surface area contributed by atoms with E-state index in [9.17, 15) is 4.79 Å². The highest BCUT2D eigenvalue weighted by atomic mass is 16.7. The number of ether oxygens (including phenoxy) is 3. The van der Waals surface area contributed by atoms with Crippen LogP contribution in [0.15, 0.2) is 18.2 Å². The summed E-state index contributed by atoms with van der Waals surface area (Å²) >= 11 is 0. The van der Waals surface area contributed by atoms with Crippen molar-refractivity contribution >= 4 is 5.91 Å². The van der Waals surface area contributed by atoms with Gasteiger partial charge in [0, 0.05) is 32.6 Å². The molecule has 0 saturated carbocycles. The molecule has 1 fully saturated rings. The lowest BCUT2D eigenvalue weighted by Gasteiger charge is -2.26. The number of hydrogen-bond acceptors (Lipinski definition) is 5. The third-order valence-electron chi connectivity index (χ3n) is 3.65. The first-order valence-corrected chi connectivity index (χ1v) is 7.28. The van der Waals surface area contributed by atoms with Crippen molar-refractivity contribution in [3.63, 3.8) is 0 Å². The van der Waals surface area contributed by atoms with Gasteiger partial charge in [-0.3, -0.25) is 4.79 Å². The highest BCUT2D eigenvalue weighted by molar-refractivity contribution is 5.76. The number of morpholine rings is 1. The predicted octanol–water partition coefficient (Wildman–Crippen LogP) is 0.754. The molecule has 6 heteroatoms. The third kappa shape index (κ3) is 3.65. The molecule has 0 aliphatic carbocycles. The molecule has 0 aromatic heterocycles. The van der Waals surface area contributed by atoms with Gasteiger partial charge in [-0.15, -0.1) is 0 Å². The van der Waals surface area contributed by atoms with Gasteiger partial charge < -0.3 is 24.4 Å². The van der Waals surface area contributed by atoms with Gasteiger partial charge in [0.05, 0.1) is 13.2 Å². The highest BCUT2D eigenvalue weighted by Gasteiger charge is 2.16. The molecular weight excluding hydrogens is 272 g/mol. The monoisotopic (exact) mass is 292 g/mol. The molecule has 0 atom stereocenters. The quantitative estimate of drug-likeness (QED) is 0.812. The minimum atomic E-state index is 0.191. The van der Waals surface area contributed by atoms with Crippen molar-refractivity contribution in [3.8, 4) is 11.5 Å². The molecular formula is C15H20N2O4. The van der Waals surface area contributed by atoms with Gasteiger partial charge in [0.1, 0.15) is 0 Å². The Morgan fingerprint density at radius 1 is 1.19 bits per heavy atom. The smallest absolute Gasteiger partial charge is 0.231 e. The van der Waals surface area contributed by atoms with Crippen LogP contribution in [0.5, 0.6) is 11.5 Å². The van der Waals surface area contributed by atoms with Gasteiger partial charge in [-0.2, -0.15) is 0 Å². The fourth-order valence-electron chi connectivity index (χ4n) is 2.45. The van der Waals surface area contributed by atoms with E-state index in [4.69, 9.17) is 14.2 Å². The van der Waals surface area contributed by atoms with E-state index in [-0.39, 0.29) is 5.91 Å². The van der Waals surface area contributed by atoms with Crippen molar-refractivity contribution in [2.24, 2.45) is 0 Å². The van der Waals surface area contributed by atoms with Crippen molar-refractivity contribution in [3.05, 3.63) is 23.8 Å². The average Bonchev–Trinajstić information content (AvgIpc) is 3.00. The molecule has 2 aliphatic heterocycles. The average molecular weight is 292 g/mol. The molecule has 6 nitrogen and oxygen atoms in total. The summed E-state index contributed by atoms with van der Waals surface area (Å²) in [7, 11) is 0. The first kappa shape index (κ1) is 14.2. The third-order valence-corrected chi connectivity index (χ3v) is 3.65. The predicted molar refractivity (Wildman–Crippen MR) is 76.3 cm³/mol. The number of rotatable bonds is 5. The lowest BCUT2D eigenvalue weighted by Crippen LogP contribution is -2.41. The van der Waals surface area contributed by atoms with Gasteiger partial charge in [0.2, 0.25) is 12.7 Å². The van der Waals surface area contributed by atoms with E-state index >= 15 is 0 Å². The first-order chi connectivity index (χ1) is 10.3. The molecule has 1 N–H and O–H groups in total. The lowest BCUT2D eigenvalue weighted by atomic mass is 10.2. The van der Waals surface area contributed by atoms with Gasteiger partial charge in [0.25, 0.3) is 0 Å². The highest BCUT2D eigenvalue weighted by Crippen LogP contribution is 2.32. The minimum Gasteiger partial charge on any atom is -0.454 e. The summed E-state index contributed by atoms with van der Waals surface area (Å²) in [4.78, 5) is 13.8. The summed E-state index contributed by atoms with van der Waals surface area (Å²) in [6.07, 6.45) is 0.518. The summed E-state index contributed by atoms with van der Waals surface area (Å²) in [5.74, 6) is 1.77. The topological polar surface area (TPSA) is 60.0 Å². The second-order valence-corrected chi connectivity index (χ2v) is 5.11. The minimum absolute atomic E-state index is 0.191. The molecule has 1 amide bonds. The molecule has 0 bridgehead atoms. The van der Waals surface area contributed by atoms with Crippen molar-refractivity contribution in [1.29, 1.82) is 0 Å². The second-order valence-electron chi connectivity index (χ2n) is 5.11. The number of benzene rings is 1. The van der Waals surface area contributed by atoms with Gasteiger partial charge >= 0.3 is 0 Å². The summed E-state index contributed by atoms with van der Waals surface area (Å²) in [5.41, 5.74) is 1.12. The summed E-state index contributed by atoms with van der Waals surface area (Å²) in [5, 5.41) is 3.29. The number of nitrogens with one attached hydrogen (secondary N) is 1. The van der Waals surface area contributed by atoms with Crippen LogP contribution in [0, 0.1) is 0 Å². The molecule has 3 rings (SSSR count). The molecule has 2 heterocycles. The molecule has 0 radical (unpaired) electrons. The van der Waals surface area contributed by atoms with Crippen LogP contribution < -0.4 is 14.8 Å². The van der Waals surface area contributed by atoms with Crippen LogP contribution in [0.4, 0.5) is 0 Å². The van der Waals surface area contributed by atoms with Crippen LogP contribution in [0.2, 0.25) is 0 Å². The number of fused-ring (bicyclic) bond motifs is 1. The maximum atomic E-state index is 12.0. The van der Waals surface area contributed by atoms with Gasteiger partial charge in [0.15, 0.2) is 11.5 Å². The fraction of sp³-hybridized carbons (Fsp3) is 0.533. The molecule has 2 aliphatic rings. The number of hydrogen-bond donors (Lipinski definition) is 1. The summed E-state index contributed by atoms with van der Waals surface area (Å²) in [6, 6.07) is 5.89. The van der Waals surface area contributed by atoms with E-state index in [0.717, 1.165) is 17.1 Å². The Balaban J connectivity index is 1.39. The van der Waals surface area contributed by atoms with Crippen LogP contribution >= 0.6 is 0 Å². The van der Waals surface area contributed by atoms with Crippen LogP contribution in [-0.2, 0) is 16.1 Å². The second kappa shape index (κ2) is 6.78. The fourth-order valence-corrected chi connectivity index (χ4v) is 2.45. The Labute approximate surface area is 124 Å². The normalized spacial score (nSPS) is 17.0. The van der Waals surface area contributed by atoms with E-state index in [0.29, 0.717) is 52.6 Å². The van der Waals surface area contributed by atoms with Crippen LogP contribution in [0.25, 0.3) is 0 Å². The molecule has 1 saturated heterocycles. The van der Waals surface area contributed by atoms with Crippen LogP contribution in [0.3, 0.4) is 0 Å². The summed E-state index contributed by atoms with van der Waals surface area (Å²) < 4.78 is 15.9. The van der Waals surface area contributed by atoms with Crippen molar-refractivity contribution in [1.82, 2.24) is 10.2 Å². The van der Waals surface area contributed by atoms with Crippen molar-refractivity contribution < 1.29 is 19.0 Å². The molecule has 0 unspecified atom stereocenters. The molecule has 0 spiro atoms. The van der Waals surface area contributed by atoms with Crippen molar-refractivity contribution in [2.75, 3.05) is 39.6 Å². The van der Waals surface area contributed by atoms with E-state index in [1.807, 2.05) is 23.1 Å². The van der Waals surface area contributed by atoms with E-state index < -0.39 is 0 Å². The standard InChI is InChI=1S/C15H20N2O4/c18-15(17-5-7-19-8-6-17)3-4-16-10-12-1-2-13-14(9-12)21-11-20-13/h1-2,9,16H,3-8,10-11H2. The molecule has 1 aromatic rings.